The molecule has 2 aromatic rings. The van der Waals surface area contributed by atoms with Gasteiger partial charge in [-0.25, -0.2) is 4.68 Å². The van der Waals surface area contributed by atoms with Gasteiger partial charge in [-0.1, -0.05) is 6.07 Å². The number of carbonyl (C=O) groups excluding carboxylic acids is 1. The summed E-state index contributed by atoms with van der Waals surface area (Å²) in [6.07, 6.45) is 2.50. The van der Waals surface area contributed by atoms with E-state index >= 15 is 0 Å². The summed E-state index contributed by atoms with van der Waals surface area (Å²) in [5.74, 6) is -0.193. The molecule has 2 rings (SSSR count). The van der Waals surface area contributed by atoms with Crippen LogP contribution in [0.2, 0.25) is 0 Å². The van der Waals surface area contributed by atoms with Crippen molar-refractivity contribution in [2.75, 3.05) is 19.5 Å². The van der Waals surface area contributed by atoms with Gasteiger partial charge in [-0.2, -0.15) is 5.10 Å². The van der Waals surface area contributed by atoms with Gasteiger partial charge in [-0.05, 0) is 37.6 Å². The van der Waals surface area contributed by atoms with Crippen molar-refractivity contribution in [1.82, 2.24) is 15.1 Å². The summed E-state index contributed by atoms with van der Waals surface area (Å²) in [5, 5.41) is 7.16. The van der Waals surface area contributed by atoms with Crippen LogP contribution >= 0.6 is 0 Å². The summed E-state index contributed by atoms with van der Waals surface area (Å²) < 4.78 is 6.62. The van der Waals surface area contributed by atoms with Crippen LogP contribution in [0.25, 0.3) is 5.69 Å². The van der Waals surface area contributed by atoms with E-state index in [4.69, 9.17) is 10.5 Å². The van der Waals surface area contributed by atoms with E-state index in [-0.39, 0.29) is 11.9 Å². The van der Waals surface area contributed by atoms with Crippen LogP contribution in [0.5, 0.6) is 0 Å². The Kier molecular flexibility index (Phi) is 4.94. The van der Waals surface area contributed by atoms with Crippen LogP contribution in [0, 0.1) is 0 Å². The fraction of sp³-hybridized carbons (Fsp3) is 0.333. The minimum absolute atomic E-state index is 0.0370. The molecule has 21 heavy (non-hydrogen) atoms. The minimum atomic E-state index is -0.193. The van der Waals surface area contributed by atoms with Gasteiger partial charge in [0.25, 0.3) is 5.91 Å². The highest BCUT2D eigenvalue weighted by Gasteiger charge is 2.13. The van der Waals surface area contributed by atoms with Gasteiger partial charge in [0.15, 0.2) is 5.69 Å². The number of hydrogen-bond donors (Lipinski definition) is 2. The maximum absolute atomic E-state index is 12.1. The van der Waals surface area contributed by atoms with Crippen LogP contribution in [0.4, 0.5) is 5.69 Å². The van der Waals surface area contributed by atoms with E-state index in [1.165, 1.54) is 0 Å². The molecule has 1 heterocycles. The summed E-state index contributed by atoms with van der Waals surface area (Å²) in [6.45, 7) is 2.55. The average Bonchev–Trinajstić information content (AvgIpc) is 2.95. The van der Waals surface area contributed by atoms with Crippen molar-refractivity contribution < 1.29 is 9.53 Å². The molecule has 6 nitrogen and oxygen atoms in total. The first kappa shape index (κ1) is 15.1. The van der Waals surface area contributed by atoms with E-state index < -0.39 is 0 Å². The Balaban J connectivity index is 2.04. The number of methoxy groups -OCH3 is 1. The fourth-order valence-corrected chi connectivity index (χ4v) is 1.92. The molecule has 1 unspecified atom stereocenters. The second-order valence-electron chi connectivity index (χ2n) is 4.90. The average molecular weight is 288 g/mol. The quantitative estimate of drug-likeness (QED) is 0.791. The van der Waals surface area contributed by atoms with E-state index in [1.807, 2.05) is 19.1 Å². The van der Waals surface area contributed by atoms with E-state index in [2.05, 4.69) is 10.4 Å². The number of carbonyl (C=O) groups is 1. The van der Waals surface area contributed by atoms with Gasteiger partial charge in [-0.3, -0.25) is 4.79 Å². The van der Waals surface area contributed by atoms with Gasteiger partial charge in [0.1, 0.15) is 0 Å². The smallest absolute Gasteiger partial charge is 0.271 e. The number of hydrogen-bond acceptors (Lipinski definition) is 4. The highest BCUT2D eigenvalue weighted by molar-refractivity contribution is 5.92. The Morgan fingerprint density at radius 1 is 1.48 bits per heavy atom. The van der Waals surface area contributed by atoms with E-state index in [0.29, 0.717) is 18.0 Å². The summed E-state index contributed by atoms with van der Waals surface area (Å²) in [7, 11) is 1.64. The molecule has 3 N–H and O–H groups in total. The molecule has 0 fully saturated rings. The Morgan fingerprint density at radius 3 is 3.00 bits per heavy atom. The number of nitrogen functional groups attached to an aromatic ring is 1. The van der Waals surface area contributed by atoms with Gasteiger partial charge in [0.05, 0.1) is 5.69 Å². The lowest BCUT2D eigenvalue weighted by atomic mass is 10.2. The predicted octanol–water partition coefficient (Wildman–Crippen LogP) is 1.61. The maximum Gasteiger partial charge on any atom is 0.271 e. The first-order valence-corrected chi connectivity index (χ1v) is 6.81. The molecule has 0 radical (unpaired) electrons. The summed E-state index contributed by atoms with van der Waals surface area (Å²) in [5.41, 5.74) is 7.59. The number of amides is 1. The van der Waals surface area contributed by atoms with Crippen molar-refractivity contribution in [3.63, 3.8) is 0 Å². The Morgan fingerprint density at radius 2 is 2.29 bits per heavy atom. The lowest BCUT2D eigenvalue weighted by Crippen LogP contribution is -2.33. The number of nitrogens with two attached hydrogens (primary N) is 1. The fourth-order valence-electron chi connectivity index (χ4n) is 1.92. The second-order valence-corrected chi connectivity index (χ2v) is 4.90. The molecular weight excluding hydrogens is 268 g/mol. The number of nitrogens with zero attached hydrogens (tertiary/aromatic N) is 2. The first-order chi connectivity index (χ1) is 10.1. The van der Waals surface area contributed by atoms with Crippen molar-refractivity contribution in [2.24, 2.45) is 0 Å². The summed E-state index contributed by atoms with van der Waals surface area (Å²) in [4.78, 5) is 12.1. The third kappa shape index (κ3) is 4.06. The van der Waals surface area contributed by atoms with Crippen LogP contribution < -0.4 is 11.1 Å². The largest absolute Gasteiger partial charge is 0.399 e. The normalized spacial score (nSPS) is 12.1. The molecule has 0 saturated heterocycles. The summed E-state index contributed by atoms with van der Waals surface area (Å²) in [6, 6.07) is 9.05. The van der Waals surface area contributed by atoms with Gasteiger partial charge >= 0.3 is 0 Å². The Hall–Kier alpha value is -2.34. The maximum atomic E-state index is 12.1. The molecule has 1 amide bonds. The minimum Gasteiger partial charge on any atom is -0.399 e. The lowest BCUT2D eigenvalue weighted by Gasteiger charge is -2.11. The number of nitrogens with one attached hydrogen (secondary N) is 1. The van der Waals surface area contributed by atoms with Crippen LogP contribution in [-0.4, -0.2) is 35.4 Å². The second kappa shape index (κ2) is 6.90. The standard InChI is InChI=1S/C15H20N4O2/c1-11(7-9-21-2)17-15(20)14-6-8-19(18-14)13-5-3-4-12(16)10-13/h3-6,8,10-11H,7,9,16H2,1-2H3,(H,17,20). The topological polar surface area (TPSA) is 82.2 Å². The van der Waals surface area contributed by atoms with Crippen molar-refractivity contribution in [3.05, 3.63) is 42.2 Å². The monoisotopic (exact) mass is 288 g/mol. The third-order valence-corrected chi connectivity index (χ3v) is 3.09. The molecule has 1 aromatic heterocycles. The molecule has 112 valence electrons. The molecular formula is C15H20N4O2. The van der Waals surface area contributed by atoms with Gasteiger partial charge < -0.3 is 15.8 Å². The molecule has 0 aliphatic carbocycles. The molecule has 0 aliphatic heterocycles. The lowest BCUT2D eigenvalue weighted by molar-refractivity contribution is 0.0924. The van der Waals surface area contributed by atoms with Crippen molar-refractivity contribution in [1.29, 1.82) is 0 Å². The van der Waals surface area contributed by atoms with Gasteiger partial charge in [0, 0.05) is 31.6 Å². The van der Waals surface area contributed by atoms with Gasteiger partial charge in [0.2, 0.25) is 0 Å². The first-order valence-electron chi connectivity index (χ1n) is 6.81. The van der Waals surface area contributed by atoms with Crippen LogP contribution in [0.15, 0.2) is 36.5 Å². The number of rotatable bonds is 6. The molecule has 6 heteroatoms. The van der Waals surface area contributed by atoms with Gasteiger partial charge in [-0.15, -0.1) is 0 Å². The van der Waals surface area contributed by atoms with E-state index in [9.17, 15) is 4.79 Å². The van der Waals surface area contributed by atoms with E-state index in [0.717, 1.165) is 12.1 Å². The number of ether oxygens (including phenoxy) is 1. The van der Waals surface area contributed by atoms with Crippen molar-refractivity contribution in [3.8, 4) is 5.69 Å². The highest BCUT2D eigenvalue weighted by atomic mass is 16.5. The zero-order chi connectivity index (χ0) is 15.2. The number of benzene rings is 1. The number of anilines is 1. The van der Waals surface area contributed by atoms with Crippen LogP contribution in [-0.2, 0) is 4.74 Å². The Bertz CT molecular complexity index is 609. The molecule has 1 aromatic carbocycles. The predicted molar refractivity (Wildman–Crippen MR) is 81.4 cm³/mol. The zero-order valence-electron chi connectivity index (χ0n) is 12.2. The zero-order valence-corrected chi connectivity index (χ0v) is 12.2. The Labute approximate surface area is 123 Å². The third-order valence-electron chi connectivity index (χ3n) is 3.09. The van der Waals surface area contributed by atoms with Crippen molar-refractivity contribution in [2.45, 2.75) is 19.4 Å². The number of aromatic nitrogens is 2. The van der Waals surface area contributed by atoms with Crippen LogP contribution in [0.3, 0.4) is 0 Å². The van der Waals surface area contributed by atoms with E-state index in [1.54, 1.807) is 36.2 Å². The molecule has 1 atom stereocenters. The molecule has 0 saturated carbocycles. The summed E-state index contributed by atoms with van der Waals surface area (Å²) >= 11 is 0. The molecule has 0 aliphatic rings. The highest BCUT2D eigenvalue weighted by Crippen LogP contribution is 2.11. The van der Waals surface area contributed by atoms with Crippen molar-refractivity contribution >= 4 is 11.6 Å². The van der Waals surface area contributed by atoms with Crippen LogP contribution in [0.1, 0.15) is 23.8 Å². The SMILES string of the molecule is COCCC(C)NC(=O)c1ccn(-c2cccc(N)c2)n1. The molecule has 0 bridgehead atoms. The molecule has 0 spiro atoms.